The molecule has 0 aliphatic carbocycles. The first kappa shape index (κ1) is 16.1. The first-order chi connectivity index (χ1) is 8.73. The maximum Gasteiger partial charge on any atom is 0.123 e. The van der Waals surface area contributed by atoms with Gasteiger partial charge >= 0.3 is 0 Å². The van der Waals surface area contributed by atoms with Crippen LogP contribution >= 0.6 is 0 Å². The van der Waals surface area contributed by atoms with Gasteiger partial charge in [-0.25, -0.2) is 4.39 Å². The van der Waals surface area contributed by atoms with E-state index in [-0.39, 0.29) is 11.9 Å². The number of nitrogens with two attached hydrogens (primary N) is 1. The zero-order chi connectivity index (χ0) is 14.6. The van der Waals surface area contributed by atoms with E-state index in [4.69, 9.17) is 5.84 Å². The molecule has 2 unspecified atom stereocenters. The standard InChI is InChI=1S/C16H27FN2/c1-11(10-16(3,4)5)8-15(19-18)14-9-13(17)7-6-12(14)2/h6-7,9,11,15,19H,8,10,18H2,1-5H3. The number of aryl methyl sites for hydroxylation is 1. The largest absolute Gasteiger partial charge is 0.271 e. The first-order valence-corrected chi connectivity index (χ1v) is 6.95. The predicted molar refractivity (Wildman–Crippen MR) is 79.1 cm³/mol. The van der Waals surface area contributed by atoms with E-state index in [1.165, 1.54) is 6.07 Å². The third kappa shape index (κ3) is 5.29. The molecule has 0 amide bonds. The second-order valence-electron chi connectivity index (χ2n) is 6.83. The van der Waals surface area contributed by atoms with Gasteiger partial charge in [0.1, 0.15) is 5.82 Å². The zero-order valence-electron chi connectivity index (χ0n) is 12.8. The van der Waals surface area contributed by atoms with Crippen LogP contribution in [0.4, 0.5) is 4.39 Å². The molecule has 1 aromatic rings. The lowest BCUT2D eigenvalue weighted by atomic mass is 9.81. The number of halogens is 1. The van der Waals surface area contributed by atoms with Crippen molar-refractivity contribution in [3.05, 3.63) is 35.1 Å². The lowest BCUT2D eigenvalue weighted by Gasteiger charge is -2.27. The molecule has 3 N–H and O–H groups in total. The van der Waals surface area contributed by atoms with E-state index in [1.807, 2.05) is 13.0 Å². The van der Waals surface area contributed by atoms with Gasteiger partial charge in [0.15, 0.2) is 0 Å². The summed E-state index contributed by atoms with van der Waals surface area (Å²) in [5, 5.41) is 0. The molecule has 0 radical (unpaired) electrons. The summed E-state index contributed by atoms with van der Waals surface area (Å²) in [6, 6.07) is 4.89. The first-order valence-electron chi connectivity index (χ1n) is 6.95. The minimum Gasteiger partial charge on any atom is -0.271 e. The average Bonchev–Trinajstić information content (AvgIpc) is 2.27. The van der Waals surface area contributed by atoms with Crippen molar-refractivity contribution in [1.82, 2.24) is 5.43 Å². The quantitative estimate of drug-likeness (QED) is 0.622. The van der Waals surface area contributed by atoms with Crippen molar-refractivity contribution < 1.29 is 4.39 Å². The van der Waals surface area contributed by atoms with Gasteiger partial charge in [0.25, 0.3) is 0 Å². The van der Waals surface area contributed by atoms with Crippen LogP contribution in [0.1, 0.15) is 57.7 Å². The highest BCUT2D eigenvalue weighted by Gasteiger charge is 2.20. The molecule has 0 aliphatic rings. The Balaban J connectivity index is 2.80. The summed E-state index contributed by atoms with van der Waals surface area (Å²) in [5.41, 5.74) is 5.18. The van der Waals surface area contributed by atoms with Crippen LogP contribution in [0.25, 0.3) is 0 Å². The molecule has 0 aromatic heterocycles. The van der Waals surface area contributed by atoms with E-state index >= 15 is 0 Å². The van der Waals surface area contributed by atoms with E-state index < -0.39 is 0 Å². The summed E-state index contributed by atoms with van der Waals surface area (Å²) in [6.07, 6.45) is 2.04. The Bertz CT molecular complexity index is 410. The molecule has 0 saturated carbocycles. The molecule has 108 valence electrons. The van der Waals surface area contributed by atoms with E-state index in [0.29, 0.717) is 11.3 Å². The molecule has 0 saturated heterocycles. The fourth-order valence-electron chi connectivity index (χ4n) is 2.80. The second kappa shape index (κ2) is 6.49. The van der Waals surface area contributed by atoms with Gasteiger partial charge in [-0.1, -0.05) is 33.8 Å². The van der Waals surface area contributed by atoms with Crippen LogP contribution in [0.15, 0.2) is 18.2 Å². The summed E-state index contributed by atoms with van der Waals surface area (Å²) < 4.78 is 13.4. The third-order valence-corrected chi connectivity index (χ3v) is 3.42. The Morgan fingerprint density at radius 1 is 1.32 bits per heavy atom. The van der Waals surface area contributed by atoms with E-state index in [0.717, 1.165) is 24.0 Å². The molecule has 0 bridgehead atoms. The molecule has 2 atom stereocenters. The van der Waals surface area contributed by atoms with Gasteiger partial charge < -0.3 is 0 Å². The van der Waals surface area contributed by atoms with Crippen LogP contribution in [-0.2, 0) is 0 Å². The molecule has 3 heteroatoms. The van der Waals surface area contributed by atoms with Crippen molar-refractivity contribution in [2.75, 3.05) is 0 Å². The smallest absolute Gasteiger partial charge is 0.123 e. The van der Waals surface area contributed by atoms with Crippen molar-refractivity contribution in [2.45, 2.75) is 53.5 Å². The third-order valence-electron chi connectivity index (χ3n) is 3.42. The van der Waals surface area contributed by atoms with Gasteiger partial charge in [-0.2, -0.15) is 0 Å². The van der Waals surface area contributed by atoms with Crippen LogP contribution in [-0.4, -0.2) is 0 Å². The van der Waals surface area contributed by atoms with E-state index in [2.05, 4.69) is 33.1 Å². The van der Waals surface area contributed by atoms with Crippen LogP contribution in [0, 0.1) is 24.1 Å². The highest BCUT2D eigenvalue weighted by atomic mass is 19.1. The summed E-state index contributed by atoms with van der Waals surface area (Å²) >= 11 is 0. The van der Waals surface area contributed by atoms with E-state index in [1.54, 1.807) is 6.07 Å². The summed E-state index contributed by atoms with van der Waals surface area (Å²) in [5.74, 6) is 5.99. The molecule has 1 aromatic carbocycles. The molecule has 0 aliphatic heterocycles. The van der Waals surface area contributed by atoms with Crippen molar-refractivity contribution in [1.29, 1.82) is 0 Å². The molecule has 19 heavy (non-hydrogen) atoms. The maximum atomic E-state index is 13.4. The fourth-order valence-corrected chi connectivity index (χ4v) is 2.80. The molecule has 0 fully saturated rings. The summed E-state index contributed by atoms with van der Waals surface area (Å²) in [4.78, 5) is 0. The van der Waals surface area contributed by atoms with Gasteiger partial charge in [0, 0.05) is 6.04 Å². The van der Waals surface area contributed by atoms with Crippen LogP contribution in [0.2, 0.25) is 0 Å². The van der Waals surface area contributed by atoms with Crippen molar-refractivity contribution in [3.63, 3.8) is 0 Å². The van der Waals surface area contributed by atoms with Gasteiger partial charge in [-0.15, -0.1) is 0 Å². The SMILES string of the molecule is Cc1ccc(F)cc1C(CC(C)CC(C)(C)C)NN. The lowest BCUT2D eigenvalue weighted by Crippen LogP contribution is -2.30. The summed E-state index contributed by atoms with van der Waals surface area (Å²) in [6.45, 7) is 10.9. The lowest BCUT2D eigenvalue weighted by molar-refractivity contribution is 0.276. The highest BCUT2D eigenvalue weighted by molar-refractivity contribution is 5.29. The Kier molecular flexibility index (Phi) is 5.50. The summed E-state index contributed by atoms with van der Waals surface area (Å²) in [7, 11) is 0. The Morgan fingerprint density at radius 3 is 2.47 bits per heavy atom. The van der Waals surface area contributed by atoms with Gasteiger partial charge in [0.2, 0.25) is 0 Å². The monoisotopic (exact) mass is 266 g/mol. The van der Waals surface area contributed by atoms with E-state index in [9.17, 15) is 4.39 Å². The molecular weight excluding hydrogens is 239 g/mol. The maximum absolute atomic E-state index is 13.4. The van der Waals surface area contributed by atoms with Crippen molar-refractivity contribution in [3.8, 4) is 0 Å². The average molecular weight is 266 g/mol. The van der Waals surface area contributed by atoms with Crippen molar-refractivity contribution >= 4 is 0 Å². The Labute approximate surface area is 116 Å². The normalized spacial score (nSPS) is 15.3. The number of rotatable bonds is 5. The number of hydrazine groups is 1. The van der Waals surface area contributed by atoms with Gasteiger partial charge in [-0.3, -0.25) is 11.3 Å². The van der Waals surface area contributed by atoms with Gasteiger partial charge in [-0.05, 0) is 54.4 Å². The van der Waals surface area contributed by atoms with Crippen molar-refractivity contribution in [2.24, 2.45) is 17.2 Å². The number of hydrogen-bond donors (Lipinski definition) is 2. The molecule has 1 rings (SSSR count). The molecule has 0 spiro atoms. The van der Waals surface area contributed by atoms with Gasteiger partial charge in [0.05, 0.1) is 0 Å². The van der Waals surface area contributed by atoms with Crippen LogP contribution in [0.5, 0.6) is 0 Å². The number of benzene rings is 1. The Hall–Kier alpha value is -0.930. The second-order valence-corrected chi connectivity index (χ2v) is 6.83. The zero-order valence-corrected chi connectivity index (χ0v) is 12.8. The number of nitrogens with one attached hydrogen (secondary N) is 1. The fraction of sp³-hybridized carbons (Fsp3) is 0.625. The molecular formula is C16H27FN2. The predicted octanol–water partition coefficient (Wildman–Crippen LogP) is 4.10. The minimum atomic E-state index is -0.204. The highest BCUT2D eigenvalue weighted by Crippen LogP contribution is 2.31. The molecule has 0 heterocycles. The van der Waals surface area contributed by atoms with Crippen LogP contribution < -0.4 is 11.3 Å². The molecule has 2 nitrogen and oxygen atoms in total. The minimum absolute atomic E-state index is 0.00745. The topological polar surface area (TPSA) is 38.0 Å². The Morgan fingerprint density at radius 2 is 1.95 bits per heavy atom. The van der Waals surface area contributed by atoms with Crippen LogP contribution in [0.3, 0.4) is 0 Å². The number of hydrogen-bond acceptors (Lipinski definition) is 2.